The van der Waals surface area contributed by atoms with Gasteiger partial charge in [-0.3, -0.25) is 0 Å². The zero-order chi connectivity index (χ0) is 21.9. The fraction of sp³-hybridized carbons (Fsp3) is 0. The van der Waals surface area contributed by atoms with Crippen molar-refractivity contribution in [2.45, 2.75) is 0 Å². The number of aromatic nitrogens is 1. The number of fused-ring (bicyclic) bond motifs is 6. The zero-order valence-electron chi connectivity index (χ0n) is 17.6. The van der Waals surface area contributed by atoms with Gasteiger partial charge in [-0.25, -0.2) is 0 Å². The molecule has 0 unspecified atom stereocenters. The summed E-state index contributed by atoms with van der Waals surface area (Å²) in [5.41, 5.74) is 7.00. The lowest BCUT2D eigenvalue weighted by Crippen LogP contribution is -1.93. The second-order valence-corrected chi connectivity index (χ2v) is 8.70. The van der Waals surface area contributed by atoms with Crippen molar-refractivity contribution < 1.29 is 4.42 Å². The minimum Gasteiger partial charge on any atom is -0.453 e. The predicted molar refractivity (Wildman–Crippen MR) is 139 cm³/mol. The SMILES string of the molecule is Clc1ccc2c(oc3c(-n4c5ccccc5c5ccccc54)cccc32)c1-c1ccccc1. The van der Waals surface area contributed by atoms with Gasteiger partial charge in [0.05, 0.1) is 21.7 Å². The van der Waals surface area contributed by atoms with Gasteiger partial charge in [-0.2, -0.15) is 0 Å². The Morgan fingerprint density at radius 2 is 1.12 bits per heavy atom. The van der Waals surface area contributed by atoms with E-state index in [9.17, 15) is 0 Å². The van der Waals surface area contributed by atoms with E-state index >= 15 is 0 Å². The lowest BCUT2D eigenvalue weighted by molar-refractivity contribution is 0.667. The van der Waals surface area contributed by atoms with Crippen molar-refractivity contribution in [2.24, 2.45) is 0 Å². The van der Waals surface area contributed by atoms with Crippen LogP contribution in [0.25, 0.3) is 60.6 Å². The largest absolute Gasteiger partial charge is 0.453 e. The van der Waals surface area contributed by atoms with Gasteiger partial charge in [0.2, 0.25) is 0 Å². The van der Waals surface area contributed by atoms with Gasteiger partial charge in [-0.05, 0) is 35.9 Å². The minimum atomic E-state index is 0.686. The van der Waals surface area contributed by atoms with Crippen LogP contribution in [0.15, 0.2) is 114 Å². The molecular weight excluding hydrogens is 426 g/mol. The summed E-state index contributed by atoms with van der Waals surface area (Å²) in [7, 11) is 0. The van der Waals surface area contributed by atoms with Gasteiger partial charge >= 0.3 is 0 Å². The Labute approximate surface area is 195 Å². The fourth-order valence-electron chi connectivity index (χ4n) is 5.05. The highest BCUT2D eigenvalue weighted by Gasteiger charge is 2.20. The Bertz CT molecular complexity index is 1770. The smallest absolute Gasteiger partial charge is 0.159 e. The summed E-state index contributed by atoms with van der Waals surface area (Å²) in [5.74, 6) is 0. The first-order valence-corrected chi connectivity index (χ1v) is 11.4. The Morgan fingerprint density at radius 3 is 1.85 bits per heavy atom. The number of hydrogen-bond acceptors (Lipinski definition) is 1. The molecule has 156 valence electrons. The number of furan rings is 1. The highest BCUT2D eigenvalue weighted by atomic mass is 35.5. The maximum absolute atomic E-state index is 6.70. The third-order valence-electron chi connectivity index (χ3n) is 6.48. The second kappa shape index (κ2) is 6.99. The summed E-state index contributed by atoms with van der Waals surface area (Å²) in [4.78, 5) is 0. The molecule has 0 aliphatic heterocycles. The lowest BCUT2D eigenvalue weighted by Gasteiger charge is -2.08. The van der Waals surface area contributed by atoms with Crippen LogP contribution in [0.1, 0.15) is 0 Å². The van der Waals surface area contributed by atoms with Crippen molar-refractivity contribution >= 4 is 55.3 Å². The van der Waals surface area contributed by atoms with Crippen molar-refractivity contribution in [3.05, 3.63) is 114 Å². The molecular formula is C30H18ClNO. The van der Waals surface area contributed by atoms with Crippen LogP contribution in [0, 0.1) is 0 Å². The van der Waals surface area contributed by atoms with Crippen LogP contribution < -0.4 is 0 Å². The van der Waals surface area contributed by atoms with E-state index in [1.165, 1.54) is 10.8 Å². The fourth-order valence-corrected chi connectivity index (χ4v) is 5.31. The van der Waals surface area contributed by atoms with Gasteiger partial charge in [0.15, 0.2) is 5.58 Å². The Balaban J connectivity index is 1.63. The third-order valence-corrected chi connectivity index (χ3v) is 6.79. The van der Waals surface area contributed by atoms with Crippen LogP contribution >= 0.6 is 11.6 Å². The standard InChI is InChI=1S/C30H18ClNO/c31-24-18-17-23-22-13-8-16-27(29(22)33-30(23)28(24)19-9-2-1-3-10-19)32-25-14-6-4-11-20(25)21-12-5-7-15-26(21)32/h1-18H. The molecule has 0 aliphatic carbocycles. The normalized spacial score (nSPS) is 11.8. The average molecular weight is 444 g/mol. The first-order valence-electron chi connectivity index (χ1n) is 11.0. The quantitative estimate of drug-likeness (QED) is 0.260. The summed E-state index contributed by atoms with van der Waals surface area (Å²) in [5, 5.41) is 5.30. The molecule has 5 aromatic carbocycles. The average Bonchev–Trinajstić information content (AvgIpc) is 3.40. The molecule has 2 heterocycles. The van der Waals surface area contributed by atoms with Crippen LogP contribution in [-0.2, 0) is 0 Å². The van der Waals surface area contributed by atoms with E-state index in [-0.39, 0.29) is 0 Å². The summed E-state index contributed by atoms with van der Waals surface area (Å²) in [6, 6.07) is 37.7. The van der Waals surface area contributed by atoms with E-state index in [0.717, 1.165) is 49.8 Å². The topological polar surface area (TPSA) is 18.1 Å². The number of benzene rings is 5. The molecule has 0 bridgehead atoms. The molecule has 0 aliphatic rings. The second-order valence-electron chi connectivity index (χ2n) is 8.29. The molecule has 7 aromatic rings. The number of hydrogen-bond donors (Lipinski definition) is 0. The molecule has 0 N–H and O–H groups in total. The van der Waals surface area contributed by atoms with E-state index in [1.807, 2.05) is 24.3 Å². The number of rotatable bonds is 2. The molecule has 3 heteroatoms. The highest BCUT2D eigenvalue weighted by molar-refractivity contribution is 6.35. The number of halogens is 1. The predicted octanol–water partition coefficient (Wildman–Crippen LogP) is 9.00. The maximum Gasteiger partial charge on any atom is 0.159 e. The molecule has 0 atom stereocenters. The first kappa shape index (κ1) is 18.6. The maximum atomic E-state index is 6.70. The summed E-state index contributed by atoms with van der Waals surface area (Å²) in [6.45, 7) is 0. The first-order chi connectivity index (χ1) is 16.3. The van der Waals surface area contributed by atoms with Crippen LogP contribution in [0.2, 0.25) is 5.02 Å². The molecule has 0 amide bonds. The molecule has 7 rings (SSSR count). The van der Waals surface area contributed by atoms with Gasteiger partial charge in [0.25, 0.3) is 0 Å². The van der Waals surface area contributed by atoms with Gasteiger partial charge in [0, 0.05) is 27.1 Å². The summed E-state index contributed by atoms with van der Waals surface area (Å²) >= 11 is 6.70. The van der Waals surface area contributed by atoms with E-state index in [1.54, 1.807) is 0 Å². The van der Waals surface area contributed by atoms with Gasteiger partial charge in [0.1, 0.15) is 5.58 Å². The van der Waals surface area contributed by atoms with Crippen LogP contribution in [0.3, 0.4) is 0 Å². The molecule has 2 aromatic heterocycles. The van der Waals surface area contributed by atoms with E-state index in [4.69, 9.17) is 16.0 Å². The van der Waals surface area contributed by atoms with Gasteiger partial charge < -0.3 is 8.98 Å². The summed E-state index contributed by atoms with van der Waals surface area (Å²) < 4.78 is 8.97. The monoisotopic (exact) mass is 443 g/mol. The lowest BCUT2D eigenvalue weighted by atomic mass is 10.0. The highest BCUT2D eigenvalue weighted by Crippen LogP contribution is 2.42. The minimum absolute atomic E-state index is 0.686. The van der Waals surface area contributed by atoms with Crippen molar-refractivity contribution in [3.63, 3.8) is 0 Å². The number of nitrogens with zero attached hydrogens (tertiary/aromatic N) is 1. The zero-order valence-corrected chi connectivity index (χ0v) is 18.4. The van der Waals surface area contributed by atoms with Crippen molar-refractivity contribution in [1.82, 2.24) is 4.57 Å². The van der Waals surface area contributed by atoms with Crippen molar-refractivity contribution in [1.29, 1.82) is 0 Å². The molecule has 33 heavy (non-hydrogen) atoms. The van der Waals surface area contributed by atoms with Crippen LogP contribution in [-0.4, -0.2) is 4.57 Å². The van der Waals surface area contributed by atoms with Crippen LogP contribution in [0.5, 0.6) is 0 Å². The van der Waals surface area contributed by atoms with Gasteiger partial charge in [-0.1, -0.05) is 90.5 Å². The van der Waals surface area contributed by atoms with Crippen LogP contribution in [0.4, 0.5) is 0 Å². The van der Waals surface area contributed by atoms with E-state index in [0.29, 0.717) is 5.02 Å². The Morgan fingerprint density at radius 1 is 0.515 bits per heavy atom. The Hall–Kier alpha value is -4.01. The molecule has 2 nitrogen and oxygen atoms in total. The van der Waals surface area contributed by atoms with E-state index in [2.05, 4.69) is 89.5 Å². The van der Waals surface area contributed by atoms with E-state index < -0.39 is 0 Å². The molecule has 0 radical (unpaired) electrons. The van der Waals surface area contributed by atoms with Crippen molar-refractivity contribution in [2.75, 3.05) is 0 Å². The number of para-hydroxylation sites is 3. The van der Waals surface area contributed by atoms with Crippen molar-refractivity contribution in [3.8, 4) is 16.8 Å². The molecule has 0 spiro atoms. The Kier molecular flexibility index (Phi) is 3.93. The molecule has 0 saturated heterocycles. The molecule has 0 fully saturated rings. The third kappa shape index (κ3) is 2.62. The molecule has 0 saturated carbocycles. The summed E-state index contributed by atoms with van der Waals surface area (Å²) in [6.07, 6.45) is 0. The van der Waals surface area contributed by atoms with Gasteiger partial charge in [-0.15, -0.1) is 0 Å².